The van der Waals surface area contributed by atoms with Crippen molar-refractivity contribution < 1.29 is 8.42 Å². The summed E-state index contributed by atoms with van der Waals surface area (Å²) in [6.45, 7) is 0.190. The van der Waals surface area contributed by atoms with Crippen LogP contribution >= 0.6 is 38.9 Å². The molecule has 0 radical (unpaired) electrons. The largest absolute Gasteiger partial charge is 0.372 e. The van der Waals surface area contributed by atoms with E-state index in [9.17, 15) is 8.42 Å². The van der Waals surface area contributed by atoms with Gasteiger partial charge in [0.05, 0.1) is 4.34 Å². The van der Waals surface area contributed by atoms with E-state index in [1.165, 1.54) is 23.6 Å². The van der Waals surface area contributed by atoms with Crippen LogP contribution in [0.15, 0.2) is 33.8 Å². The number of thiophene rings is 1. The first-order valence-corrected chi connectivity index (χ1v) is 8.96. The maximum Gasteiger partial charge on any atom is 0.244 e. The van der Waals surface area contributed by atoms with Crippen LogP contribution in [-0.4, -0.2) is 20.4 Å². The number of nitrogens with zero attached hydrogens (tertiary/aromatic N) is 1. The quantitative estimate of drug-likeness (QED) is 0.815. The molecule has 0 amide bonds. The second kappa shape index (κ2) is 6.40. The Morgan fingerprint density at radius 1 is 1.45 bits per heavy atom. The van der Waals surface area contributed by atoms with Crippen LogP contribution in [0.1, 0.15) is 4.88 Å². The fraction of sp³-hybridized carbons (Fsp3) is 0.182. The van der Waals surface area contributed by atoms with Crippen LogP contribution in [0, 0.1) is 0 Å². The first kappa shape index (κ1) is 15.7. The Morgan fingerprint density at radius 3 is 2.80 bits per heavy atom. The standard InChI is InChI=1S/C11H11BrClN3O2S2/c1-14-11-9(4-7(12)5-15-11)20(17,18)16-6-8-2-3-10(13)19-8/h2-5,16H,6H2,1H3,(H,14,15). The molecule has 0 aliphatic heterocycles. The Balaban J connectivity index is 2.24. The Bertz CT molecular complexity index is 718. The van der Waals surface area contributed by atoms with Gasteiger partial charge < -0.3 is 5.32 Å². The number of rotatable bonds is 5. The molecule has 0 aliphatic carbocycles. The van der Waals surface area contributed by atoms with Crippen LogP contribution in [0.2, 0.25) is 4.34 Å². The van der Waals surface area contributed by atoms with Gasteiger partial charge in [-0.2, -0.15) is 0 Å². The molecule has 20 heavy (non-hydrogen) atoms. The molecule has 108 valence electrons. The molecule has 0 bridgehead atoms. The minimum Gasteiger partial charge on any atom is -0.372 e. The summed E-state index contributed by atoms with van der Waals surface area (Å²) < 4.78 is 28.4. The van der Waals surface area contributed by atoms with Crippen LogP contribution in [0.4, 0.5) is 5.82 Å². The fourth-order valence-electron chi connectivity index (χ4n) is 1.50. The van der Waals surface area contributed by atoms with E-state index in [1.54, 1.807) is 19.2 Å². The van der Waals surface area contributed by atoms with Crippen molar-refractivity contribution in [2.45, 2.75) is 11.4 Å². The smallest absolute Gasteiger partial charge is 0.244 e. The van der Waals surface area contributed by atoms with Gasteiger partial charge in [-0.1, -0.05) is 11.6 Å². The highest BCUT2D eigenvalue weighted by Crippen LogP contribution is 2.24. The molecule has 0 fully saturated rings. The zero-order chi connectivity index (χ0) is 14.8. The number of halogens is 2. The summed E-state index contributed by atoms with van der Waals surface area (Å²) in [6, 6.07) is 5.02. The third-order valence-corrected chi connectivity index (χ3v) is 5.49. The van der Waals surface area contributed by atoms with Crippen molar-refractivity contribution in [3.63, 3.8) is 0 Å². The molecular weight excluding hydrogens is 386 g/mol. The van der Waals surface area contributed by atoms with Crippen molar-refractivity contribution in [1.29, 1.82) is 0 Å². The predicted molar refractivity (Wildman–Crippen MR) is 84.8 cm³/mol. The molecule has 5 nitrogen and oxygen atoms in total. The lowest BCUT2D eigenvalue weighted by molar-refractivity contribution is 0.581. The zero-order valence-electron chi connectivity index (χ0n) is 10.4. The fourth-order valence-corrected chi connectivity index (χ4v) is 4.30. The van der Waals surface area contributed by atoms with Crippen LogP contribution in [0.25, 0.3) is 0 Å². The minimum absolute atomic E-state index is 0.0945. The third-order valence-electron chi connectivity index (χ3n) is 2.41. The molecule has 0 atom stereocenters. The molecule has 9 heteroatoms. The van der Waals surface area contributed by atoms with Crippen molar-refractivity contribution in [2.24, 2.45) is 0 Å². The number of hydrogen-bond acceptors (Lipinski definition) is 5. The number of anilines is 1. The molecule has 0 spiro atoms. The van der Waals surface area contributed by atoms with E-state index in [2.05, 4.69) is 31.0 Å². The van der Waals surface area contributed by atoms with Gasteiger partial charge in [0.15, 0.2) is 0 Å². The number of pyridine rings is 1. The van der Waals surface area contributed by atoms with Gasteiger partial charge in [0.25, 0.3) is 0 Å². The Morgan fingerprint density at radius 2 is 2.20 bits per heavy atom. The van der Waals surface area contributed by atoms with E-state index in [4.69, 9.17) is 11.6 Å². The summed E-state index contributed by atoms with van der Waals surface area (Å²) in [4.78, 5) is 4.96. The molecular formula is C11H11BrClN3O2S2. The van der Waals surface area contributed by atoms with Gasteiger partial charge >= 0.3 is 0 Å². The number of nitrogens with one attached hydrogen (secondary N) is 2. The van der Waals surface area contributed by atoms with Crippen LogP contribution in [-0.2, 0) is 16.6 Å². The molecule has 2 heterocycles. The van der Waals surface area contributed by atoms with Crippen molar-refractivity contribution in [3.8, 4) is 0 Å². The first-order chi connectivity index (χ1) is 9.42. The Hall–Kier alpha value is -0.670. The molecule has 2 rings (SSSR count). The normalized spacial score (nSPS) is 11.6. The molecule has 2 aromatic rings. The highest BCUT2D eigenvalue weighted by Gasteiger charge is 2.19. The van der Waals surface area contributed by atoms with Crippen molar-refractivity contribution in [1.82, 2.24) is 9.71 Å². The van der Waals surface area contributed by atoms with E-state index < -0.39 is 10.0 Å². The van der Waals surface area contributed by atoms with Crippen molar-refractivity contribution >= 4 is 54.7 Å². The molecule has 0 aromatic carbocycles. The van der Waals surface area contributed by atoms with Gasteiger partial charge in [-0.25, -0.2) is 18.1 Å². The van der Waals surface area contributed by atoms with E-state index >= 15 is 0 Å². The number of sulfonamides is 1. The summed E-state index contributed by atoms with van der Waals surface area (Å²) >= 11 is 10.4. The lowest BCUT2D eigenvalue weighted by Gasteiger charge is -2.10. The summed E-state index contributed by atoms with van der Waals surface area (Å²) in [5.41, 5.74) is 0. The molecule has 0 saturated heterocycles. The van der Waals surface area contributed by atoms with E-state index in [0.29, 0.717) is 14.6 Å². The number of hydrogen-bond donors (Lipinski definition) is 2. The maximum absolute atomic E-state index is 12.3. The van der Waals surface area contributed by atoms with Gasteiger partial charge in [0.1, 0.15) is 10.7 Å². The molecule has 2 N–H and O–H groups in total. The SMILES string of the molecule is CNc1ncc(Br)cc1S(=O)(=O)NCc1ccc(Cl)s1. The average Bonchev–Trinajstić information content (AvgIpc) is 2.82. The van der Waals surface area contributed by atoms with Crippen molar-refractivity contribution in [2.75, 3.05) is 12.4 Å². The minimum atomic E-state index is -3.66. The van der Waals surface area contributed by atoms with Gasteiger partial charge in [0.2, 0.25) is 10.0 Å². The van der Waals surface area contributed by atoms with E-state index in [-0.39, 0.29) is 11.4 Å². The molecule has 0 unspecified atom stereocenters. The second-order valence-electron chi connectivity index (χ2n) is 3.78. The third kappa shape index (κ3) is 3.70. The summed E-state index contributed by atoms with van der Waals surface area (Å²) in [7, 11) is -2.04. The van der Waals surface area contributed by atoms with Gasteiger partial charge in [0, 0.05) is 29.1 Å². The van der Waals surface area contributed by atoms with Gasteiger partial charge in [-0.15, -0.1) is 11.3 Å². The monoisotopic (exact) mass is 395 g/mol. The highest BCUT2D eigenvalue weighted by molar-refractivity contribution is 9.10. The zero-order valence-corrected chi connectivity index (χ0v) is 14.3. The van der Waals surface area contributed by atoms with Gasteiger partial charge in [-0.05, 0) is 34.1 Å². The lowest BCUT2D eigenvalue weighted by atomic mass is 10.4. The molecule has 0 saturated carbocycles. The highest BCUT2D eigenvalue weighted by atomic mass is 79.9. The second-order valence-corrected chi connectivity index (χ2v) is 8.23. The van der Waals surface area contributed by atoms with E-state index in [0.717, 1.165) is 4.88 Å². The average molecular weight is 397 g/mol. The Kier molecular flexibility index (Phi) is 5.03. The van der Waals surface area contributed by atoms with Crippen LogP contribution in [0.3, 0.4) is 0 Å². The topological polar surface area (TPSA) is 71.1 Å². The lowest BCUT2D eigenvalue weighted by Crippen LogP contribution is -2.24. The maximum atomic E-state index is 12.3. The summed E-state index contributed by atoms with van der Waals surface area (Å²) in [5.74, 6) is 0.296. The predicted octanol–water partition coefficient (Wildman–Crippen LogP) is 3.08. The Labute approximate surface area is 134 Å². The summed E-state index contributed by atoms with van der Waals surface area (Å²) in [6.07, 6.45) is 1.53. The van der Waals surface area contributed by atoms with E-state index in [1.807, 2.05) is 0 Å². The van der Waals surface area contributed by atoms with Crippen LogP contribution in [0.5, 0.6) is 0 Å². The van der Waals surface area contributed by atoms with Crippen molar-refractivity contribution in [3.05, 3.63) is 38.1 Å². The first-order valence-electron chi connectivity index (χ1n) is 5.49. The van der Waals surface area contributed by atoms with Gasteiger partial charge in [-0.3, -0.25) is 0 Å². The summed E-state index contributed by atoms with van der Waals surface area (Å²) in [5, 5.41) is 2.76. The molecule has 2 aromatic heterocycles. The van der Waals surface area contributed by atoms with Crippen LogP contribution < -0.4 is 10.0 Å². The molecule has 0 aliphatic rings. The number of aromatic nitrogens is 1.